The zero-order valence-corrected chi connectivity index (χ0v) is 11.1. The molecule has 1 aromatic rings. The van der Waals surface area contributed by atoms with Crippen LogP contribution in [0.15, 0.2) is 24.3 Å². The van der Waals surface area contributed by atoms with Gasteiger partial charge in [0.15, 0.2) is 0 Å². The molecule has 0 bridgehead atoms. The topological polar surface area (TPSA) is 12.0 Å². The Morgan fingerprint density at radius 3 is 2.37 bits per heavy atom. The molecule has 1 heterocycles. The third-order valence-corrected chi connectivity index (χ3v) is 2.93. The summed E-state index contributed by atoms with van der Waals surface area (Å²) in [7, 11) is 0. The second kappa shape index (κ2) is 6.83. The molecule has 0 amide bonds. The van der Waals surface area contributed by atoms with E-state index in [1.807, 2.05) is 0 Å². The number of alkyl halides is 3. The van der Waals surface area contributed by atoms with Crippen molar-refractivity contribution in [3.05, 3.63) is 35.4 Å². The molecule has 1 unspecified atom stereocenters. The summed E-state index contributed by atoms with van der Waals surface area (Å²) in [5.74, 6) is 6.34. The zero-order chi connectivity index (χ0) is 13.0. The molecule has 1 aliphatic heterocycles. The maximum Gasteiger partial charge on any atom is 0.416 e. The molecule has 0 radical (unpaired) electrons. The molecule has 2 rings (SSSR count). The van der Waals surface area contributed by atoms with E-state index < -0.39 is 11.7 Å². The molecule has 0 aromatic heterocycles. The van der Waals surface area contributed by atoms with Crippen LogP contribution in [0.2, 0.25) is 0 Å². The Kier molecular flexibility index (Phi) is 5.71. The lowest BCUT2D eigenvalue weighted by Gasteiger charge is -2.17. The van der Waals surface area contributed by atoms with E-state index in [2.05, 4.69) is 17.2 Å². The van der Waals surface area contributed by atoms with E-state index >= 15 is 0 Å². The Morgan fingerprint density at radius 1 is 1.16 bits per heavy atom. The van der Waals surface area contributed by atoms with Gasteiger partial charge in [0.25, 0.3) is 0 Å². The van der Waals surface area contributed by atoms with Crippen molar-refractivity contribution in [2.24, 2.45) is 5.92 Å². The highest BCUT2D eigenvalue weighted by Crippen LogP contribution is 2.28. The second-order valence-electron chi connectivity index (χ2n) is 4.39. The summed E-state index contributed by atoms with van der Waals surface area (Å²) in [6, 6.07) is 4.99. The number of halogens is 4. The number of hydrogen-bond donors (Lipinski definition) is 1. The van der Waals surface area contributed by atoms with Crippen LogP contribution in [0, 0.1) is 17.8 Å². The van der Waals surface area contributed by atoms with Gasteiger partial charge in [-0.3, -0.25) is 0 Å². The number of nitrogens with one attached hydrogen (secondary N) is 1. The van der Waals surface area contributed by atoms with Crippen molar-refractivity contribution in [3.8, 4) is 11.8 Å². The number of piperidine rings is 1. The van der Waals surface area contributed by atoms with Crippen molar-refractivity contribution in [1.82, 2.24) is 5.32 Å². The first-order valence-electron chi connectivity index (χ1n) is 5.95. The molecule has 1 aliphatic rings. The molecule has 104 valence electrons. The van der Waals surface area contributed by atoms with Gasteiger partial charge in [-0.05, 0) is 43.7 Å². The monoisotopic (exact) mass is 289 g/mol. The highest BCUT2D eigenvalue weighted by molar-refractivity contribution is 5.85. The summed E-state index contributed by atoms with van der Waals surface area (Å²) < 4.78 is 37.1. The molecule has 0 saturated carbocycles. The summed E-state index contributed by atoms with van der Waals surface area (Å²) in [6.07, 6.45) is -2.12. The predicted molar refractivity (Wildman–Crippen MR) is 71.2 cm³/mol. The lowest BCUT2D eigenvalue weighted by molar-refractivity contribution is -0.137. The lowest BCUT2D eigenvalue weighted by Crippen LogP contribution is -2.28. The van der Waals surface area contributed by atoms with Gasteiger partial charge in [-0.2, -0.15) is 13.2 Å². The van der Waals surface area contributed by atoms with Crippen LogP contribution >= 0.6 is 12.4 Å². The first kappa shape index (κ1) is 15.9. The molecule has 1 atom stereocenters. The quantitative estimate of drug-likeness (QED) is 0.721. The van der Waals surface area contributed by atoms with E-state index in [4.69, 9.17) is 0 Å². The predicted octanol–water partition coefficient (Wildman–Crippen LogP) is 3.48. The number of hydrogen-bond acceptors (Lipinski definition) is 1. The Morgan fingerprint density at radius 2 is 1.84 bits per heavy atom. The van der Waals surface area contributed by atoms with Crippen LogP contribution in [0.25, 0.3) is 0 Å². The van der Waals surface area contributed by atoms with Gasteiger partial charge in [0.2, 0.25) is 0 Å². The van der Waals surface area contributed by atoms with Crippen molar-refractivity contribution in [3.63, 3.8) is 0 Å². The minimum absolute atomic E-state index is 0. The molecular formula is C14H15ClF3N. The molecule has 0 aliphatic carbocycles. The van der Waals surface area contributed by atoms with Crippen LogP contribution in [0.5, 0.6) is 0 Å². The van der Waals surface area contributed by atoms with Crippen molar-refractivity contribution < 1.29 is 13.2 Å². The molecule has 1 nitrogen and oxygen atoms in total. The maximum atomic E-state index is 12.4. The standard InChI is InChI=1S/C14H14F3N.ClH/c15-14(16,17)13-7-5-11(6-8-13)3-4-12-2-1-9-18-10-12;/h5-8,12,18H,1-2,9-10H2;1H. The third-order valence-electron chi connectivity index (χ3n) is 2.93. The van der Waals surface area contributed by atoms with Crippen LogP contribution in [-0.2, 0) is 6.18 Å². The van der Waals surface area contributed by atoms with Crippen LogP contribution in [0.4, 0.5) is 13.2 Å². The molecule has 1 saturated heterocycles. The fraction of sp³-hybridized carbons (Fsp3) is 0.429. The molecule has 19 heavy (non-hydrogen) atoms. The first-order valence-corrected chi connectivity index (χ1v) is 5.95. The summed E-state index contributed by atoms with van der Waals surface area (Å²) in [6.45, 7) is 1.89. The second-order valence-corrected chi connectivity index (χ2v) is 4.39. The Hall–Kier alpha value is -1.18. The molecule has 5 heteroatoms. The zero-order valence-electron chi connectivity index (χ0n) is 10.3. The van der Waals surface area contributed by atoms with E-state index in [9.17, 15) is 13.2 Å². The minimum atomic E-state index is -4.28. The molecule has 1 fully saturated rings. The van der Waals surface area contributed by atoms with Crippen LogP contribution in [0.1, 0.15) is 24.0 Å². The molecule has 0 spiro atoms. The third kappa shape index (κ3) is 4.77. The van der Waals surface area contributed by atoms with Gasteiger partial charge in [0, 0.05) is 18.0 Å². The maximum absolute atomic E-state index is 12.4. The normalized spacial score (nSPS) is 19.0. The van der Waals surface area contributed by atoms with E-state index in [1.54, 1.807) is 0 Å². The van der Waals surface area contributed by atoms with E-state index in [0.717, 1.165) is 38.1 Å². The fourth-order valence-corrected chi connectivity index (χ4v) is 1.90. The summed E-state index contributed by atoms with van der Waals surface area (Å²) in [5.41, 5.74) is 0.000886. The van der Waals surface area contributed by atoms with E-state index in [1.165, 1.54) is 12.1 Å². The average molecular weight is 290 g/mol. The van der Waals surface area contributed by atoms with Crippen molar-refractivity contribution in [1.29, 1.82) is 0 Å². The molecular weight excluding hydrogens is 275 g/mol. The van der Waals surface area contributed by atoms with Gasteiger partial charge >= 0.3 is 6.18 Å². The minimum Gasteiger partial charge on any atom is -0.316 e. The van der Waals surface area contributed by atoms with Crippen LogP contribution in [-0.4, -0.2) is 13.1 Å². The van der Waals surface area contributed by atoms with Gasteiger partial charge in [0.05, 0.1) is 5.56 Å². The highest BCUT2D eigenvalue weighted by atomic mass is 35.5. The molecule has 1 aromatic carbocycles. The van der Waals surface area contributed by atoms with E-state index in [-0.39, 0.29) is 12.4 Å². The average Bonchev–Trinajstić information content (AvgIpc) is 2.37. The summed E-state index contributed by atoms with van der Waals surface area (Å²) >= 11 is 0. The van der Waals surface area contributed by atoms with Crippen LogP contribution in [0.3, 0.4) is 0 Å². The van der Waals surface area contributed by atoms with Crippen molar-refractivity contribution >= 4 is 12.4 Å². The highest BCUT2D eigenvalue weighted by Gasteiger charge is 2.29. The van der Waals surface area contributed by atoms with Crippen LogP contribution < -0.4 is 5.32 Å². The SMILES string of the molecule is Cl.FC(F)(F)c1ccc(C#CC2CCCNC2)cc1. The number of rotatable bonds is 0. The van der Waals surface area contributed by atoms with Crippen molar-refractivity contribution in [2.45, 2.75) is 19.0 Å². The number of benzene rings is 1. The smallest absolute Gasteiger partial charge is 0.316 e. The van der Waals surface area contributed by atoms with E-state index in [0.29, 0.717) is 11.5 Å². The van der Waals surface area contributed by atoms with Gasteiger partial charge in [-0.15, -0.1) is 12.4 Å². The first-order chi connectivity index (χ1) is 8.55. The lowest BCUT2D eigenvalue weighted by atomic mass is 10.00. The largest absolute Gasteiger partial charge is 0.416 e. The Bertz CT molecular complexity index is 450. The van der Waals surface area contributed by atoms with Gasteiger partial charge < -0.3 is 5.32 Å². The Balaban J connectivity index is 0.00000180. The van der Waals surface area contributed by atoms with Crippen molar-refractivity contribution in [2.75, 3.05) is 13.1 Å². The fourth-order valence-electron chi connectivity index (χ4n) is 1.90. The van der Waals surface area contributed by atoms with Gasteiger partial charge in [-0.1, -0.05) is 11.8 Å². The molecule has 1 N–H and O–H groups in total. The van der Waals surface area contributed by atoms with Gasteiger partial charge in [-0.25, -0.2) is 0 Å². The van der Waals surface area contributed by atoms with Gasteiger partial charge in [0.1, 0.15) is 0 Å². The Labute approximate surface area is 117 Å². The summed E-state index contributed by atoms with van der Waals surface area (Å²) in [4.78, 5) is 0. The summed E-state index contributed by atoms with van der Waals surface area (Å²) in [5, 5.41) is 3.25.